The second-order valence-electron chi connectivity index (χ2n) is 6.77. The SMILES string of the molecule is Cc1ccc(-c2c3c(c(=O)n4ccc(C)c[nH]c(O)c24)=NCCC3)cc1. The van der Waals surface area contributed by atoms with Crippen LogP contribution >= 0.6 is 0 Å². The molecule has 1 aliphatic rings. The average molecular weight is 347 g/mol. The highest BCUT2D eigenvalue weighted by atomic mass is 16.3. The Morgan fingerprint density at radius 1 is 1.12 bits per heavy atom. The van der Waals surface area contributed by atoms with E-state index in [1.54, 1.807) is 12.4 Å². The predicted molar refractivity (Wildman–Crippen MR) is 102 cm³/mol. The van der Waals surface area contributed by atoms with Gasteiger partial charge in [-0.3, -0.25) is 14.2 Å². The molecular weight excluding hydrogens is 326 g/mol. The average Bonchev–Trinajstić information content (AvgIpc) is 2.65. The molecule has 5 heteroatoms. The van der Waals surface area contributed by atoms with Crippen LogP contribution < -0.4 is 10.9 Å². The second-order valence-corrected chi connectivity index (χ2v) is 6.77. The van der Waals surface area contributed by atoms with Crippen molar-refractivity contribution in [3.05, 3.63) is 75.1 Å². The van der Waals surface area contributed by atoms with E-state index in [0.29, 0.717) is 17.4 Å². The number of rotatable bonds is 1. The van der Waals surface area contributed by atoms with Crippen molar-refractivity contribution in [1.82, 2.24) is 9.38 Å². The highest BCUT2D eigenvalue weighted by Gasteiger charge is 2.20. The number of aromatic amines is 1. The molecule has 5 nitrogen and oxygen atoms in total. The van der Waals surface area contributed by atoms with Crippen LogP contribution in [0.3, 0.4) is 0 Å². The van der Waals surface area contributed by atoms with Gasteiger partial charge in [-0.25, -0.2) is 0 Å². The minimum Gasteiger partial charge on any atom is -0.493 e. The van der Waals surface area contributed by atoms with Gasteiger partial charge in [-0.1, -0.05) is 29.8 Å². The van der Waals surface area contributed by atoms with Crippen LogP contribution in [0.25, 0.3) is 16.6 Å². The Bertz CT molecular complexity index is 1150. The van der Waals surface area contributed by atoms with Gasteiger partial charge in [0.1, 0.15) is 10.9 Å². The Balaban J connectivity index is 2.27. The molecule has 26 heavy (non-hydrogen) atoms. The van der Waals surface area contributed by atoms with Crippen LogP contribution in [0.2, 0.25) is 0 Å². The molecule has 132 valence electrons. The van der Waals surface area contributed by atoms with Gasteiger partial charge in [0.2, 0.25) is 5.88 Å². The molecule has 0 spiro atoms. The fourth-order valence-electron chi connectivity index (χ4n) is 3.48. The highest BCUT2D eigenvalue weighted by molar-refractivity contribution is 5.86. The van der Waals surface area contributed by atoms with Crippen molar-refractivity contribution in [2.75, 3.05) is 6.54 Å². The predicted octanol–water partition coefficient (Wildman–Crippen LogP) is 3.03. The smallest absolute Gasteiger partial charge is 0.280 e. The highest BCUT2D eigenvalue weighted by Crippen LogP contribution is 2.31. The van der Waals surface area contributed by atoms with Gasteiger partial charge in [-0.2, -0.15) is 0 Å². The fourth-order valence-corrected chi connectivity index (χ4v) is 3.48. The topological polar surface area (TPSA) is 69.9 Å². The number of nitrogens with one attached hydrogen (secondary N) is 1. The van der Waals surface area contributed by atoms with Crippen LogP contribution in [0.5, 0.6) is 5.88 Å². The van der Waals surface area contributed by atoms with Gasteiger partial charge in [-0.05, 0) is 49.4 Å². The summed E-state index contributed by atoms with van der Waals surface area (Å²) in [6, 6.07) is 9.98. The molecule has 0 fully saturated rings. The number of fused-ring (bicyclic) bond motifs is 2. The molecule has 2 aromatic heterocycles. The summed E-state index contributed by atoms with van der Waals surface area (Å²) in [5, 5.41) is 11.3. The van der Waals surface area contributed by atoms with Crippen LogP contribution in [0.15, 0.2) is 52.5 Å². The van der Waals surface area contributed by atoms with Crippen molar-refractivity contribution < 1.29 is 5.11 Å². The van der Waals surface area contributed by atoms with E-state index in [4.69, 9.17) is 0 Å². The lowest BCUT2D eigenvalue weighted by molar-refractivity contribution is 0.458. The van der Waals surface area contributed by atoms with E-state index in [1.807, 2.05) is 44.2 Å². The summed E-state index contributed by atoms with van der Waals surface area (Å²) in [6.45, 7) is 4.60. The number of aromatic nitrogens is 2. The monoisotopic (exact) mass is 347 g/mol. The first kappa shape index (κ1) is 16.4. The molecule has 0 aliphatic carbocycles. The maximum atomic E-state index is 13.1. The Labute approximate surface area is 151 Å². The number of aryl methyl sites for hydroxylation is 2. The van der Waals surface area contributed by atoms with E-state index in [1.165, 1.54) is 4.40 Å². The minimum absolute atomic E-state index is 0.0326. The second kappa shape index (κ2) is 6.33. The van der Waals surface area contributed by atoms with Gasteiger partial charge in [-0.15, -0.1) is 0 Å². The molecule has 2 N–H and O–H groups in total. The van der Waals surface area contributed by atoms with Crippen molar-refractivity contribution in [3.8, 4) is 17.0 Å². The van der Waals surface area contributed by atoms with Crippen molar-refractivity contribution in [2.24, 2.45) is 4.99 Å². The number of aromatic hydroxyl groups is 1. The van der Waals surface area contributed by atoms with Crippen molar-refractivity contribution >= 4 is 5.52 Å². The maximum absolute atomic E-state index is 13.1. The first-order chi connectivity index (χ1) is 12.6. The zero-order chi connectivity index (χ0) is 18.3. The molecule has 0 amide bonds. The summed E-state index contributed by atoms with van der Waals surface area (Å²) < 4.78 is 1.50. The Morgan fingerprint density at radius 2 is 1.88 bits per heavy atom. The summed E-state index contributed by atoms with van der Waals surface area (Å²) in [6.07, 6.45) is 5.11. The number of hydrogen-bond donors (Lipinski definition) is 2. The maximum Gasteiger partial charge on any atom is 0.280 e. The summed E-state index contributed by atoms with van der Waals surface area (Å²) in [5.74, 6) is -0.0326. The Kier molecular flexibility index (Phi) is 3.99. The number of hydrogen-bond acceptors (Lipinski definition) is 3. The number of pyridine rings is 1. The minimum atomic E-state index is -0.190. The van der Waals surface area contributed by atoms with E-state index in [0.717, 1.165) is 40.7 Å². The lowest BCUT2D eigenvalue weighted by Crippen LogP contribution is -2.37. The molecule has 0 radical (unpaired) electrons. The van der Waals surface area contributed by atoms with E-state index in [2.05, 4.69) is 9.98 Å². The zero-order valence-corrected chi connectivity index (χ0v) is 14.9. The third-order valence-electron chi connectivity index (χ3n) is 4.83. The van der Waals surface area contributed by atoms with Crippen LogP contribution in [0.4, 0.5) is 0 Å². The largest absolute Gasteiger partial charge is 0.493 e. The molecule has 0 saturated heterocycles. The van der Waals surface area contributed by atoms with Crippen molar-refractivity contribution in [3.63, 3.8) is 0 Å². The molecule has 4 rings (SSSR count). The van der Waals surface area contributed by atoms with E-state index >= 15 is 0 Å². The number of H-pyrrole nitrogens is 1. The summed E-state index contributed by atoms with van der Waals surface area (Å²) in [7, 11) is 0. The molecule has 3 heterocycles. The lowest BCUT2D eigenvalue weighted by atomic mass is 9.94. The van der Waals surface area contributed by atoms with Gasteiger partial charge in [0.15, 0.2) is 0 Å². The normalized spacial score (nSPS) is 13.2. The number of benzene rings is 1. The van der Waals surface area contributed by atoms with Gasteiger partial charge >= 0.3 is 0 Å². The number of nitrogens with zero attached hydrogens (tertiary/aromatic N) is 2. The van der Waals surface area contributed by atoms with E-state index in [9.17, 15) is 9.90 Å². The molecule has 0 unspecified atom stereocenters. The Hall–Kier alpha value is -3.08. The molecule has 0 atom stereocenters. The first-order valence-electron chi connectivity index (χ1n) is 8.80. The van der Waals surface area contributed by atoms with Crippen LogP contribution in [0, 0.1) is 13.8 Å². The summed E-state index contributed by atoms with van der Waals surface area (Å²) in [5.41, 5.74) is 5.11. The zero-order valence-electron chi connectivity index (χ0n) is 14.9. The third kappa shape index (κ3) is 2.65. The molecule has 0 saturated carbocycles. The standard InChI is InChI=1S/C21H21N3O2/c1-13-5-7-15(8-6-13)17-16-4-3-10-22-18(16)21(26)24-11-9-14(2)12-23-20(25)19(17)24/h5-9,11-12,23,25H,3-4,10H2,1-2H3. The molecule has 1 aliphatic heterocycles. The quantitative estimate of drug-likeness (QED) is 0.710. The molecule has 0 bridgehead atoms. The molecule has 3 aromatic rings. The van der Waals surface area contributed by atoms with Gasteiger partial charge in [0.25, 0.3) is 5.56 Å². The van der Waals surface area contributed by atoms with Gasteiger partial charge in [0, 0.05) is 24.5 Å². The van der Waals surface area contributed by atoms with Crippen LogP contribution in [-0.2, 0) is 6.42 Å². The summed E-state index contributed by atoms with van der Waals surface area (Å²) >= 11 is 0. The Morgan fingerprint density at radius 3 is 2.65 bits per heavy atom. The van der Waals surface area contributed by atoms with Gasteiger partial charge < -0.3 is 10.1 Å². The van der Waals surface area contributed by atoms with Crippen LogP contribution in [0.1, 0.15) is 23.1 Å². The van der Waals surface area contributed by atoms with Gasteiger partial charge in [0.05, 0.1) is 0 Å². The fraction of sp³-hybridized carbons (Fsp3) is 0.238. The summed E-state index contributed by atoms with van der Waals surface area (Å²) in [4.78, 5) is 20.5. The van der Waals surface area contributed by atoms with E-state index < -0.39 is 0 Å². The van der Waals surface area contributed by atoms with Crippen molar-refractivity contribution in [1.29, 1.82) is 0 Å². The van der Waals surface area contributed by atoms with Crippen molar-refractivity contribution in [2.45, 2.75) is 26.7 Å². The first-order valence-corrected chi connectivity index (χ1v) is 8.80. The third-order valence-corrected chi connectivity index (χ3v) is 4.83. The molecule has 1 aromatic carbocycles. The molecular formula is C21H21N3O2. The van der Waals surface area contributed by atoms with E-state index in [-0.39, 0.29) is 11.4 Å². The van der Waals surface area contributed by atoms with Crippen LogP contribution in [-0.4, -0.2) is 21.0 Å². The lowest BCUT2D eigenvalue weighted by Gasteiger charge is -2.17.